The van der Waals surface area contributed by atoms with Crippen molar-refractivity contribution in [3.63, 3.8) is 0 Å². The Kier molecular flexibility index (Phi) is 4.77. The number of nitrogens with one attached hydrogen (secondary N) is 1. The highest BCUT2D eigenvalue weighted by atomic mass is 35.5. The van der Waals surface area contributed by atoms with Crippen molar-refractivity contribution >= 4 is 12.4 Å². The minimum atomic E-state index is -0.508. The Bertz CT molecular complexity index is 322. The third kappa shape index (κ3) is 3.47. The van der Waals surface area contributed by atoms with Crippen molar-refractivity contribution in [1.82, 2.24) is 10.5 Å². The van der Waals surface area contributed by atoms with Crippen molar-refractivity contribution in [2.45, 2.75) is 38.2 Å². The van der Waals surface area contributed by atoms with Gasteiger partial charge in [0.05, 0.1) is 11.3 Å². The summed E-state index contributed by atoms with van der Waals surface area (Å²) in [5, 5.41) is 17.3. The highest BCUT2D eigenvalue weighted by Gasteiger charge is 2.28. The van der Waals surface area contributed by atoms with Gasteiger partial charge in [-0.1, -0.05) is 5.16 Å². The smallest absolute Gasteiger partial charge is 0.137 e. The fourth-order valence-electron chi connectivity index (χ4n) is 2.03. The maximum atomic E-state index is 10.2. The van der Waals surface area contributed by atoms with E-state index in [1.165, 1.54) is 0 Å². The lowest BCUT2D eigenvalue weighted by Crippen LogP contribution is -2.42. The minimum Gasteiger partial charge on any atom is -0.390 e. The van der Waals surface area contributed by atoms with Crippen LogP contribution in [0.2, 0.25) is 0 Å². The summed E-state index contributed by atoms with van der Waals surface area (Å²) in [5.74, 6) is 0.874. The fraction of sp³-hybridized carbons (Fsp3) is 0.727. The highest BCUT2D eigenvalue weighted by Crippen LogP contribution is 2.24. The maximum absolute atomic E-state index is 10.2. The molecule has 0 unspecified atom stereocenters. The van der Waals surface area contributed by atoms with Crippen LogP contribution in [-0.2, 0) is 6.42 Å². The summed E-state index contributed by atoms with van der Waals surface area (Å²) in [7, 11) is 0. The zero-order chi connectivity index (χ0) is 10.7. The van der Waals surface area contributed by atoms with E-state index in [0.717, 1.165) is 50.2 Å². The predicted molar refractivity (Wildman–Crippen MR) is 63.9 cm³/mol. The van der Waals surface area contributed by atoms with E-state index in [-0.39, 0.29) is 12.4 Å². The van der Waals surface area contributed by atoms with Gasteiger partial charge < -0.3 is 14.9 Å². The standard InChI is InChI=1S/C11H18N2O2.ClH/c1-9-8-10(15-13-9)2-3-11(14)4-6-12-7-5-11;/h8,12,14H,2-7H2,1H3;1H. The van der Waals surface area contributed by atoms with E-state index in [1.54, 1.807) is 0 Å². The van der Waals surface area contributed by atoms with Gasteiger partial charge in [0.2, 0.25) is 0 Å². The van der Waals surface area contributed by atoms with Crippen molar-refractivity contribution in [2.24, 2.45) is 0 Å². The number of hydrogen-bond acceptors (Lipinski definition) is 4. The monoisotopic (exact) mass is 246 g/mol. The van der Waals surface area contributed by atoms with Crippen LogP contribution in [-0.4, -0.2) is 29.0 Å². The topological polar surface area (TPSA) is 58.3 Å². The molecule has 1 aromatic rings. The largest absolute Gasteiger partial charge is 0.390 e. The van der Waals surface area contributed by atoms with Crippen molar-refractivity contribution < 1.29 is 9.63 Å². The van der Waals surface area contributed by atoms with Crippen LogP contribution >= 0.6 is 12.4 Å². The van der Waals surface area contributed by atoms with Gasteiger partial charge in [0.25, 0.3) is 0 Å². The van der Waals surface area contributed by atoms with E-state index < -0.39 is 5.60 Å². The highest BCUT2D eigenvalue weighted by molar-refractivity contribution is 5.85. The van der Waals surface area contributed by atoms with Gasteiger partial charge >= 0.3 is 0 Å². The second-order valence-corrected chi connectivity index (χ2v) is 4.41. The lowest BCUT2D eigenvalue weighted by atomic mass is 9.87. The van der Waals surface area contributed by atoms with Gasteiger partial charge in [0, 0.05) is 12.5 Å². The third-order valence-corrected chi connectivity index (χ3v) is 3.05. The maximum Gasteiger partial charge on any atom is 0.137 e. The molecule has 16 heavy (non-hydrogen) atoms. The zero-order valence-electron chi connectivity index (χ0n) is 9.53. The zero-order valence-corrected chi connectivity index (χ0v) is 10.3. The Morgan fingerprint density at radius 1 is 1.50 bits per heavy atom. The molecular weight excluding hydrogens is 228 g/mol. The molecule has 0 spiro atoms. The average Bonchev–Trinajstić information content (AvgIpc) is 2.63. The van der Waals surface area contributed by atoms with Crippen LogP contribution in [0.15, 0.2) is 10.6 Å². The number of hydrogen-bond donors (Lipinski definition) is 2. The molecule has 2 rings (SSSR count). The van der Waals surface area contributed by atoms with Gasteiger partial charge in [-0.3, -0.25) is 0 Å². The molecule has 0 saturated carbocycles. The van der Waals surface area contributed by atoms with Crippen molar-refractivity contribution in [1.29, 1.82) is 0 Å². The Morgan fingerprint density at radius 2 is 2.19 bits per heavy atom. The third-order valence-electron chi connectivity index (χ3n) is 3.05. The summed E-state index contributed by atoms with van der Waals surface area (Å²) in [6, 6.07) is 1.93. The van der Waals surface area contributed by atoms with Crippen LogP contribution in [0, 0.1) is 6.92 Å². The molecule has 0 amide bonds. The predicted octanol–water partition coefficient (Wildman–Crippen LogP) is 1.45. The van der Waals surface area contributed by atoms with Gasteiger partial charge in [0.1, 0.15) is 5.76 Å². The van der Waals surface area contributed by atoms with E-state index in [2.05, 4.69) is 10.5 Å². The number of halogens is 1. The lowest BCUT2D eigenvalue weighted by molar-refractivity contribution is 0.00149. The van der Waals surface area contributed by atoms with Crippen LogP contribution < -0.4 is 5.32 Å². The molecule has 0 bridgehead atoms. The molecule has 2 N–H and O–H groups in total. The SMILES string of the molecule is Cc1cc(CCC2(O)CCNCC2)on1.Cl. The number of rotatable bonds is 3. The van der Waals surface area contributed by atoms with E-state index in [1.807, 2.05) is 13.0 Å². The van der Waals surface area contributed by atoms with Crippen LogP contribution in [0.3, 0.4) is 0 Å². The van der Waals surface area contributed by atoms with Gasteiger partial charge in [-0.05, 0) is 39.3 Å². The number of aromatic nitrogens is 1. The van der Waals surface area contributed by atoms with Gasteiger partial charge in [-0.15, -0.1) is 12.4 Å². The Hall–Kier alpha value is -0.580. The van der Waals surface area contributed by atoms with Crippen LogP contribution in [0.1, 0.15) is 30.7 Å². The number of piperidine rings is 1. The number of nitrogens with zero attached hydrogens (tertiary/aromatic N) is 1. The molecule has 0 aromatic carbocycles. The first-order valence-corrected chi connectivity index (χ1v) is 5.53. The van der Waals surface area contributed by atoms with Gasteiger partial charge in [-0.25, -0.2) is 0 Å². The van der Waals surface area contributed by atoms with Crippen molar-refractivity contribution in [3.05, 3.63) is 17.5 Å². The van der Waals surface area contributed by atoms with E-state index in [0.29, 0.717) is 0 Å². The molecule has 0 aliphatic carbocycles. The summed E-state index contributed by atoms with van der Waals surface area (Å²) < 4.78 is 5.12. The van der Waals surface area contributed by atoms with E-state index >= 15 is 0 Å². The molecule has 1 aromatic heterocycles. The quantitative estimate of drug-likeness (QED) is 0.848. The molecular formula is C11H19ClN2O2. The summed E-state index contributed by atoms with van der Waals surface area (Å²) in [4.78, 5) is 0. The molecule has 1 aliphatic rings. The molecule has 1 saturated heterocycles. The summed E-state index contributed by atoms with van der Waals surface area (Å²) >= 11 is 0. The summed E-state index contributed by atoms with van der Waals surface area (Å²) in [5.41, 5.74) is 0.397. The lowest BCUT2D eigenvalue weighted by Gasteiger charge is -2.32. The van der Waals surface area contributed by atoms with Gasteiger partial charge in [-0.2, -0.15) is 0 Å². The molecule has 4 nitrogen and oxygen atoms in total. The molecule has 1 fully saturated rings. The van der Waals surface area contributed by atoms with Crippen molar-refractivity contribution in [3.8, 4) is 0 Å². The van der Waals surface area contributed by atoms with E-state index in [9.17, 15) is 5.11 Å². The Labute approximate surface area is 102 Å². The molecule has 0 atom stereocenters. The van der Waals surface area contributed by atoms with E-state index in [4.69, 9.17) is 4.52 Å². The molecule has 1 aliphatic heterocycles. The normalized spacial score (nSPS) is 19.1. The molecule has 92 valence electrons. The van der Waals surface area contributed by atoms with Crippen LogP contribution in [0.5, 0.6) is 0 Å². The molecule has 0 radical (unpaired) electrons. The Balaban J connectivity index is 0.00000128. The van der Waals surface area contributed by atoms with Crippen LogP contribution in [0.4, 0.5) is 0 Å². The first kappa shape index (κ1) is 13.5. The molecule has 5 heteroatoms. The van der Waals surface area contributed by atoms with Crippen LogP contribution in [0.25, 0.3) is 0 Å². The first-order chi connectivity index (χ1) is 7.18. The first-order valence-electron chi connectivity index (χ1n) is 5.53. The minimum absolute atomic E-state index is 0. The molecule has 2 heterocycles. The number of aryl methyl sites for hydroxylation is 2. The average molecular weight is 247 g/mol. The number of aliphatic hydroxyl groups is 1. The summed E-state index contributed by atoms with van der Waals surface area (Å²) in [6.45, 7) is 3.73. The second-order valence-electron chi connectivity index (χ2n) is 4.41. The summed E-state index contributed by atoms with van der Waals surface area (Å²) in [6.07, 6.45) is 3.21. The van der Waals surface area contributed by atoms with Crippen molar-refractivity contribution in [2.75, 3.05) is 13.1 Å². The fourth-order valence-corrected chi connectivity index (χ4v) is 2.03. The Morgan fingerprint density at radius 3 is 2.75 bits per heavy atom. The second kappa shape index (κ2) is 5.66. The van der Waals surface area contributed by atoms with Gasteiger partial charge in [0.15, 0.2) is 0 Å².